The van der Waals surface area contributed by atoms with E-state index in [2.05, 4.69) is 144 Å². The summed E-state index contributed by atoms with van der Waals surface area (Å²) < 4.78 is 15.9. The molecule has 0 amide bonds. The number of pyridine rings is 2. The molecule has 56 heavy (non-hydrogen) atoms. The fourth-order valence-corrected chi connectivity index (χ4v) is 8.33. The van der Waals surface area contributed by atoms with Crippen LogP contribution in [0.3, 0.4) is 0 Å². The number of hydrogen-bond donors (Lipinski definition) is 0. The molecule has 0 saturated heterocycles. The van der Waals surface area contributed by atoms with Crippen molar-refractivity contribution in [2.75, 3.05) is 14.2 Å². The molecule has 0 fully saturated rings. The molecular weight excluding hydrogens is 689 g/mol. The van der Waals surface area contributed by atoms with Crippen molar-refractivity contribution in [3.05, 3.63) is 169 Å². The number of fused-ring (bicyclic) bond motifs is 6. The van der Waals surface area contributed by atoms with Gasteiger partial charge in [-0.2, -0.15) is 0 Å². The van der Waals surface area contributed by atoms with E-state index < -0.39 is 0 Å². The van der Waals surface area contributed by atoms with Gasteiger partial charge in [-0.3, -0.25) is 9.97 Å². The molecule has 0 bridgehead atoms. The molecule has 0 aliphatic heterocycles. The van der Waals surface area contributed by atoms with Crippen LogP contribution in [0.2, 0.25) is 0 Å². The van der Waals surface area contributed by atoms with Crippen LogP contribution >= 0.6 is 0 Å². The molecule has 0 spiro atoms. The topological polar surface area (TPSA) is 54.1 Å². The number of rotatable bonds is 7. The lowest BCUT2D eigenvalue weighted by Gasteiger charge is -2.15. The highest BCUT2D eigenvalue weighted by molar-refractivity contribution is 6.11. The summed E-state index contributed by atoms with van der Waals surface area (Å²) in [4.78, 5) is 10.0. The number of aromatic nitrogens is 4. The van der Waals surface area contributed by atoms with Gasteiger partial charge in [-0.25, -0.2) is 0 Å². The van der Waals surface area contributed by atoms with Gasteiger partial charge in [0.1, 0.15) is 11.5 Å². The van der Waals surface area contributed by atoms with Crippen LogP contribution in [-0.4, -0.2) is 33.3 Å². The van der Waals surface area contributed by atoms with Crippen LogP contribution in [-0.2, 0) is 0 Å². The van der Waals surface area contributed by atoms with Crippen molar-refractivity contribution in [1.29, 1.82) is 0 Å². The molecule has 0 atom stereocenters. The Morgan fingerprint density at radius 2 is 0.821 bits per heavy atom. The quantitative estimate of drug-likeness (QED) is 0.164. The monoisotopic (exact) mass is 726 g/mol. The second kappa shape index (κ2) is 13.3. The predicted molar refractivity (Wildman–Crippen MR) is 230 cm³/mol. The first-order valence-corrected chi connectivity index (χ1v) is 18.8. The van der Waals surface area contributed by atoms with E-state index in [1.165, 1.54) is 21.9 Å². The Kier molecular flexibility index (Phi) is 7.92. The molecule has 0 radical (unpaired) electrons. The molecular formula is C50H38N4O2. The van der Waals surface area contributed by atoms with E-state index in [0.29, 0.717) is 0 Å². The molecule has 6 nitrogen and oxygen atoms in total. The average Bonchev–Trinajstić information content (AvgIpc) is 3.74. The van der Waals surface area contributed by atoms with Crippen LogP contribution in [0.15, 0.2) is 158 Å². The largest absolute Gasteiger partial charge is 0.497 e. The van der Waals surface area contributed by atoms with Crippen LogP contribution in [0.4, 0.5) is 0 Å². The molecule has 0 aliphatic rings. The maximum Gasteiger partial charge on any atom is 0.119 e. The highest BCUT2D eigenvalue weighted by atomic mass is 16.5. The average molecular weight is 727 g/mol. The predicted octanol–water partition coefficient (Wildman–Crippen LogP) is 12.3. The van der Waals surface area contributed by atoms with Crippen LogP contribution in [0.1, 0.15) is 11.1 Å². The molecule has 0 unspecified atom stereocenters. The summed E-state index contributed by atoms with van der Waals surface area (Å²) >= 11 is 0. The lowest BCUT2D eigenvalue weighted by Crippen LogP contribution is -1.98. The third-order valence-electron chi connectivity index (χ3n) is 10.9. The van der Waals surface area contributed by atoms with Gasteiger partial charge in [0.2, 0.25) is 0 Å². The van der Waals surface area contributed by atoms with Crippen molar-refractivity contribution in [3.63, 3.8) is 0 Å². The Balaban J connectivity index is 1.11. The van der Waals surface area contributed by atoms with Crippen molar-refractivity contribution >= 4 is 43.6 Å². The summed E-state index contributed by atoms with van der Waals surface area (Å²) in [5.41, 5.74) is 14.9. The first-order valence-electron chi connectivity index (χ1n) is 18.8. The van der Waals surface area contributed by atoms with Crippen LogP contribution in [0, 0.1) is 13.8 Å². The van der Waals surface area contributed by atoms with Gasteiger partial charge in [-0.15, -0.1) is 0 Å². The highest BCUT2D eigenvalue weighted by Crippen LogP contribution is 2.40. The van der Waals surface area contributed by atoms with Gasteiger partial charge < -0.3 is 18.6 Å². The maximum atomic E-state index is 5.63. The number of methoxy groups -OCH3 is 2. The highest BCUT2D eigenvalue weighted by Gasteiger charge is 2.19. The van der Waals surface area contributed by atoms with Crippen LogP contribution in [0.5, 0.6) is 11.5 Å². The zero-order valence-electron chi connectivity index (χ0n) is 31.6. The van der Waals surface area contributed by atoms with E-state index in [1.54, 1.807) is 14.2 Å². The molecule has 6 heteroatoms. The third-order valence-corrected chi connectivity index (χ3v) is 10.9. The van der Waals surface area contributed by atoms with Gasteiger partial charge in [0.05, 0.1) is 47.7 Å². The standard InChI is InChI=1S/C50H38N4O2/c1-31-15-19-45-41(25-31)43-29-37(55-3)17-21-47(43)53(45)35-11-5-9-33(27-35)49-39(13-7-23-51-49)40-14-8-24-52-50(40)34-10-6-12-36(28-34)54-46-20-16-32(2)26-42(46)44-30-38(56-4)18-22-48(44)54/h5-30H,1-4H3. The van der Waals surface area contributed by atoms with Crippen molar-refractivity contribution < 1.29 is 9.47 Å². The van der Waals surface area contributed by atoms with Gasteiger partial charge in [0, 0.05) is 67.6 Å². The normalized spacial score (nSPS) is 11.6. The first kappa shape index (κ1) is 33.4. The SMILES string of the molecule is COc1ccc2c(c1)c1cc(C)ccc1n2-c1cccc(-c2ncccc2-c2cccnc2-c2cccc(-n3c4ccc(C)cc4c4cc(OC)ccc43)c2)c1. The summed E-state index contributed by atoms with van der Waals surface area (Å²) in [6.45, 7) is 4.27. The molecule has 270 valence electrons. The van der Waals surface area contributed by atoms with Gasteiger partial charge >= 0.3 is 0 Å². The number of aryl methyl sites for hydroxylation is 2. The van der Waals surface area contributed by atoms with Gasteiger partial charge in [-0.1, -0.05) is 59.7 Å². The maximum absolute atomic E-state index is 5.63. The smallest absolute Gasteiger partial charge is 0.119 e. The third kappa shape index (κ3) is 5.41. The van der Waals surface area contributed by atoms with Crippen LogP contribution in [0.25, 0.3) is 88.6 Å². The molecule has 0 saturated carbocycles. The number of nitrogens with zero attached hydrogens (tertiary/aromatic N) is 4. The molecule has 10 aromatic rings. The molecule has 0 aliphatic carbocycles. The number of benzene rings is 6. The zero-order valence-corrected chi connectivity index (χ0v) is 31.6. The minimum Gasteiger partial charge on any atom is -0.497 e. The molecule has 0 N–H and O–H groups in total. The van der Waals surface area contributed by atoms with E-state index >= 15 is 0 Å². The minimum absolute atomic E-state index is 0.841. The van der Waals surface area contributed by atoms with E-state index in [0.717, 1.165) is 89.4 Å². The summed E-state index contributed by atoms with van der Waals surface area (Å²) in [6, 6.07) is 51.6. The Bertz CT molecular complexity index is 2940. The van der Waals surface area contributed by atoms with E-state index in [-0.39, 0.29) is 0 Å². The molecule has 6 aromatic carbocycles. The Labute approximate surface area is 324 Å². The summed E-state index contributed by atoms with van der Waals surface area (Å²) in [6.07, 6.45) is 3.74. The Morgan fingerprint density at radius 3 is 1.25 bits per heavy atom. The van der Waals surface area contributed by atoms with E-state index in [4.69, 9.17) is 19.4 Å². The van der Waals surface area contributed by atoms with Gasteiger partial charge in [0.25, 0.3) is 0 Å². The van der Waals surface area contributed by atoms with E-state index in [1.807, 2.05) is 36.7 Å². The fourth-order valence-electron chi connectivity index (χ4n) is 8.33. The first-order chi connectivity index (χ1) is 27.5. The number of hydrogen-bond acceptors (Lipinski definition) is 4. The molecule has 10 rings (SSSR count). The molecule has 4 heterocycles. The lowest BCUT2D eigenvalue weighted by atomic mass is 9.95. The minimum atomic E-state index is 0.841. The van der Waals surface area contributed by atoms with Crippen molar-refractivity contribution in [2.24, 2.45) is 0 Å². The Hall–Kier alpha value is -7.18. The van der Waals surface area contributed by atoms with Crippen molar-refractivity contribution in [1.82, 2.24) is 19.1 Å². The van der Waals surface area contributed by atoms with Crippen molar-refractivity contribution in [2.45, 2.75) is 13.8 Å². The number of ether oxygens (including phenoxy) is 2. The zero-order chi connectivity index (χ0) is 37.9. The second-order valence-corrected chi connectivity index (χ2v) is 14.4. The summed E-state index contributed by atoms with van der Waals surface area (Å²) in [5, 5.41) is 4.71. The van der Waals surface area contributed by atoms with E-state index in [9.17, 15) is 0 Å². The van der Waals surface area contributed by atoms with Gasteiger partial charge in [-0.05, 0) is 111 Å². The summed E-state index contributed by atoms with van der Waals surface area (Å²) in [7, 11) is 3.43. The van der Waals surface area contributed by atoms with Crippen LogP contribution < -0.4 is 9.47 Å². The summed E-state index contributed by atoms with van der Waals surface area (Å²) in [5.74, 6) is 1.68. The molecule has 4 aromatic heterocycles. The Morgan fingerprint density at radius 1 is 0.411 bits per heavy atom. The van der Waals surface area contributed by atoms with Gasteiger partial charge in [0.15, 0.2) is 0 Å². The fraction of sp³-hybridized carbons (Fsp3) is 0.0800. The lowest BCUT2D eigenvalue weighted by molar-refractivity contribution is 0.415. The second-order valence-electron chi connectivity index (χ2n) is 14.4. The van der Waals surface area contributed by atoms with Crippen molar-refractivity contribution in [3.8, 4) is 56.5 Å².